The molecule has 0 radical (unpaired) electrons. The van der Waals surface area contributed by atoms with E-state index in [0.717, 1.165) is 24.8 Å². The summed E-state index contributed by atoms with van der Waals surface area (Å²) < 4.78 is 24.0. The van der Waals surface area contributed by atoms with Gasteiger partial charge in [0, 0.05) is 24.3 Å². The van der Waals surface area contributed by atoms with Crippen LogP contribution in [0.15, 0.2) is 11.0 Å². The number of carbonyl (C=O) groups is 2. The summed E-state index contributed by atoms with van der Waals surface area (Å²) in [5, 5.41) is 26.9. The Morgan fingerprint density at radius 2 is 1.98 bits per heavy atom. The van der Waals surface area contributed by atoms with E-state index in [0.29, 0.717) is 17.1 Å². The first-order valence-corrected chi connectivity index (χ1v) is 17.4. The Labute approximate surface area is 252 Å². The maximum absolute atomic E-state index is 13.3. The van der Waals surface area contributed by atoms with E-state index < -0.39 is 43.1 Å². The van der Waals surface area contributed by atoms with Gasteiger partial charge in [0.15, 0.2) is 0 Å². The van der Waals surface area contributed by atoms with Crippen LogP contribution in [0.25, 0.3) is 6.08 Å². The minimum Gasteiger partial charge on any atom is -0.458 e. The standard InChI is InChI=1S/C29H48N3O8PS/c1-17-8-7-9-29(6)23(40-29)13-21(39-25(34)14-22(33)28(4,5)27(36)19(3)26(17)35)18(2)12-20-16-42-24(32-20)15-31-41(37,38)11-10-30/h12,16-17,19,21-23,26,33,35H,7-11,13-15,30H2,1-6H3,(H2,31,37,38)/b18-12+/t17?,19?,21-,22?,23-,26-,29+/m0/s1. The number of esters is 1. The second kappa shape index (κ2) is 14.1. The third-order valence-electron chi connectivity index (χ3n) is 8.77. The highest BCUT2D eigenvalue weighted by Crippen LogP contribution is 2.45. The number of ether oxygens (including phenoxy) is 2. The molecule has 2 fully saturated rings. The number of hydrogen-bond donors (Lipinski definition) is 5. The molecule has 2 saturated heterocycles. The molecule has 0 aliphatic carbocycles. The lowest BCUT2D eigenvalue weighted by Crippen LogP contribution is -2.45. The van der Waals surface area contributed by atoms with Gasteiger partial charge in [-0.1, -0.05) is 34.1 Å². The van der Waals surface area contributed by atoms with Gasteiger partial charge in [-0.3, -0.25) is 14.2 Å². The van der Waals surface area contributed by atoms with Crippen LogP contribution in [0.1, 0.15) is 84.3 Å². The summed E-state index contributed by atoms with van der Waals surface area (Å²) in [6.45, 7) is 10.9. The van der Waals surface area contributed by atoms with Crippen molar-refractivity contribution >= 4 is 36.7 Å². The zero-order valence-corrected chi connectivity index (χ0v) is 27.2. The minimum atomic E-state index is -3.53. The van der Waals surface area contributed by atoms with E-state index in [4.69, 9.17) is 15.2 Å². The highest BCUT2D eigenvalue weighted by molar-refractivity contribution is 7.55. The van der Waals surface area contributed by atoms with Crippen molar-refractivity contribution < 1.29 is 38.7 Å². The van der Waals surface area contributed by atoms with Crippen molar-refractivity contribution in [1.82, 2.24) is 10.1 Å². The number of nitrogens with two attached hydrogens (primary N) is 1. The monoisotopic (exact) mass is 629 g/mol. The molecule has 4 unspecified atom stereocenters. The molecule has 2 aliphatic rings. The largest absolute Gasteiger partial charge is 0.458 e. The summed E-state index contributed by atoms with van der Waals surface area (Å²) in [5.74, 6) is -1.75. The predicted molar refractivity (Wildman–Crippen MR) is 162 cm³/mol. The van der Waals surface area contributed by atoms with Crippen molar-refractivity contribution in [2.45, 2.75) is 110 Å². The van der Waals surface area contributed by atoms with Crippen LogP contribution in [-0.4, -0.2) is 74.6 Å². The van der Waals surface area contributed by atoms with Crippen LogP contribution >= 0.6 is 18.9 Å². The molecule has 0 saturated carbocycles. The number of fused-ring (bicyclic) bond motifs is 1. The molecule has 238 valence electrons. The molecule has 1 aromatic heterocycles. The van der Waals surface area contributed by atoms with E-state index in [1.165, 1.54) is 11.3 Å². The van der Waals surface area contributed by atoms with E-state index in [-0.39, 0.29) is 49.1 Å². The Hall–Kier alpha value is -1.50. The predicted octanol–water partition coefficient (Wildman–Crippen LogP) is 3.40. The molecule has 0 amide bonds. The van der Waals surface area contributed by atoms with Crippen LogP contribution < -0.4 is 10.8 Å². The molecule has 8 atom stereocenters. The topological polar surface area (TPSA) is 185 Å². The number of ketones is 1. The Bertz CT molecular complexity index is 1190. The fourth-order valence-electron chi connectivity index (χ4n) is 5.54. The molecule has 0 spiro atoms. The van der Waals surface area contributed by atoms with Crippen LogP contribution in [-0.2, 0) is 30.2 Å². The van der Waals surface area contributed by atoms with Crippen molar-refractivity contribution in [2.75, 3.05) is 12.7 Å². The average molecular weight is 630 g/mol. The zero-order chi connectivity index (χ0) is 31.5. The number of aliphatic hydroxyl groups is 2. The van der Waals surface area contributed by atoms with Crippen LogP contribution in [0.3, 0.4) is 0 Å². The van der Waals surface area contributed by atoms with Gasteiger partial charge in [-0.2, -0.15) is 0 Å². The number of aromatic nitrogens is 1. The third-order valence-corrected chi connectivity index (χ3v) is 11.2. The van der Waals surface area contributed by atoms with Crippen molar-refractivity contribution in [3.63, 3.8) is 0 Å². The van der Waals surface area contributed by atoms with E-state index in [2.05, 4.69) is 10.1 Å². The summed E-state index contributed by atoms with van der Waals surface area (Å²) in [6, 6.07) is 0. The Kier molecular flexibility index (Phi) is 11.7. The van der Waals surface area contributed by atoms with Crippen LogP contribution in [0.4, 0.5) is 0 Å². The smallest absolute Gasteiger partial charge is 0.309 e. The lowest BCUT2D eigenvalue weighted by molar-refractivity contribution is -0.154. The summed E-state index contributed by atoms with van der Waals surface area (Å²) in [6.07, 6.45) is 1.20. The van der Waals surface area contributed by atoms with Crippen molar-refractivity contribution in [1.29, 1.82) is 0 Å². The molecule has 0 bridgehead atoms. The van der Waals surface area contributed by atoms with Crippen LogP contribution in [0, 0.1) is 17.3 Å². The second-order valence-corrected chi connectivity index (χ2v) is 15.8. The molecular formula is C29H48N3O8PS. The highest BCUT2D eigenvalue weighted by Gasteiger charge is 2.53. The van der Waals surface area contributed by atoms with Gasteiger partial charge >= 0.3 is 5.97 Å². The molecule has 2 aliphatic heterocycles. The van der Waals surface area contributed by atoms with Crippen molar-refractivity contribution in [2.24, 2.45) is 23.0 Å². The number of aliphatic hydroxyl groups excluding tert-OH is 2. The quantitative estimate of drug-likeness (QED) is 0.169. The first kappa shape index (κ1) is 35.0. The lowest BCUT2D eigenvalue weighted by Gasteiger charge is -2.34. The number of cyclic esters (lactones) is 1. The number of Topliss-reactive ketones (excluding diaryl/α,β-unsaturated/α-hetero) is 1. The number of thiazole rings is 1. The van der Waals surface area contributed by atoms with Gasteiger partial charge in [-0.05, 0) is 44.3 Å². The molecule has 6 N–H and O–H groups in total. The first-order valence-electron chi connectivity index (χ1n) is 14.7. The van der Waals surface area contributed by atoms with Crippen molar-refractivity contribution in [3.05, 3.63) is 21.7 Å². The number of carbonyl (C=O) groups excluding carboxylic acids is 2. The van der Waals surface area contributed by atoms with Gasteiger partial charge in [-0.25, -0.2) is 10.1 Å². The number of epoxide rings is 1. The van der Waals surface area contributed by atoms with Crippen LogP contribution in [0.5, 0.6) is 0 Å². The molecule has 3 heterocycles. The van der Waals surface area contributed by atoms with Gasteiger partial charge in [0.05, 0.1) is 54.1 Å². The van der Waals surface area contributed by atoms with Gasteiger partial charge < -0.3 is 30.3 Å². The maximum Gasteiger partial charge on any atom is 0.309 e. The fraction of sp³-hybridized carbons (Fsp3) is 0.759. The lowest BCUT2D eigenvalue weighted by atomic mass is 9.73. The number of hydrogen-bond acceptors (Lipinski definition) is 10. The van der Waals surface area contributed by atoms with E-state index in [1.807, 2.05) is 32.2 Å². The summed E-state index contributed by atoms with van der Waals surface area (Å²) >= 11 is 1.34. The van der Waals surface area contributed by atoms with Crippen molar-refractivity contribution in [3.8, 4) is 0 Å². The van der Waals surface area contributed by atoms with Gasteiger partial charge in [-0.15, -0.1) is 11.3 Å². The Morgan fingerprint density at radius 3 is 2.64 bits per heavy atom. The minimum absolute atomic E-state index is 0.0283. The van der Waals surface area contributed by atoms with Crippen LogP contribution in [0.2, 0.25) is 0 Å². The number of nitrogens with one attached hydrogen (secondary N) is 1. The number of nitrogens with zero attached hydrogens (tertiary/aromatic N) is 1. The molecule has 1 aromatic rings. The normalized spacial score (nSPS) is 34.8. The van der Waals surface area contributed by atoms with Gasteiger partial charge in [0.1, 0.15) is 16.9 Å². The highest BCUT2D eigenvalue weighted by atomic mass is 32.1. The molecule has 11 nitrogen and oxygen atoms in total. The second-order valence-electron chi connectivity index (χ2n) is 12.7. The SMILES string of the molecule is C/C(=C\c1csc(CNP(=O)(O)CCN)n1)[C@@H]1C[C@@H]2O[C@]2(C)CCCC(C)[C@H](O)C(C)C(=O)C(C)(C)C(O)CC(=O)O1. The molecule has 42 heavy (non-hydrogen) atoms. The maximum atomic E-state index is 13.3. The third kappa shape index (κ3) is 9.01. The Morgan fingerprint density at radius 1 is 1.29 bits per heavy atom. The van der Waals surface area contributed by atoms with E-state index in [9.17, 15) is 29.3 Å². The first-order chi connectivity index (χ1) is 19.5. The van der Waals surface area contributed by atoms with E-state index in [1.54, 1.807) is 20.8 Å². The Balaban J connectivity index is 1.80. The summed E-state index contributed by atoms with van der Waals surface area (Å²) in [4.78, 5) is 40.8. The molecule has 0 aromatic carbocycles. The average Bonchev–Trinajstić information content (AvgIpc) is 3.31. The summed E-state index contributed by atoms with van der Waals surface area (Å²) in [5.41, 5.74) is 5.11. The molecule has 3 rings (SSSR count). The van der Waals surface area contributed by atoms with Gasteiger partial charge in [0.2, 0.25) is 0 Å². The summed E-state index contributed by atoms with van der Waals surface area (Å²) in [7, 11) is -3.53. The van der Waals surface area contributed by atoms with E-state index >= 15 is 0 Å². The zero-order valence-electron chi connectivity index (χ0n) is 25.5. The number of rotatable bonds is 7. The molecular weight excluding hydrogens is 581 g/mol. The fourth-order valence-corrected chi connectivity index (χ4v) is 7.24. The molecule has 13 heteroatoms. The van der Waals surface area contributed by atoms with Gasteiger partial charge in [0.25, 0.3) is 7.52 Å².